The molecule has 0 aliphatic carbocycles. The Hall–Kier alpha value is -2.44. The largest absolute Gasteiger partial charge is 0.462 e. The van der Waals surface area contributed by atoms with Gasteiger partial charge in [0, 0.05) is 6.42 Å². The van der Waals surface area contributed by atoms with Gasteiger partial charge in [-0.1, -0.05) is 242 Å². The van der Waals surface area contributed by atoms with Gasteiger partial charge in [-0.15, -0.1) is 0 Å². The molecule has 0 bridgehead atoms. The molecular formula is C52H93NO5. The number of carbonyl (C=O) groups is 2. The summed E-state index contributed by atoms with van der Waals surface area (Å²) >= 11 is 0. The number of allylic oxidation sites excluding steroid dienone is 10. The molecule has 0 fully saturated rings. The summed E-state index contributed by atoms with van der Waals surface area (Å²) in [6, 6.07) is -0.723. The molecule has 6 heteroatoms. The first kappa shape index (κ1) is 55.6. The Balaban J connectivity index is 4.67. The zero-order valence-electron chi connectivity index (χ0n) is 38.2. The van der Waals surface area contributed by atoms with Gasteiger partial charge in [0.15, 0.2) is 0 Å². The minimum absolute atomic E-state index is 0.0294. The monoisotopic (exact) mass is 812 g/mol. The Morgan fingerprint density at radius 3 is 1.38 bits per heavy atom. The molecule has 58 heavy (non-hydrogen) atoms. The van der Waals surface area contributed by atoms with Crippen molar-refractivity contribution in [1.29, 1.82) is 0 Å². The van der Waals surface area contributed by atoms with Gasteiger partial charge < -0.3 is 20.3 Å². The number of unbranched alkanes of at least 4 members (excludes halogenated alkanes) is 25. The molecule has 0 aliphatic rings. The van der Waals surface area contributed by atoms with Crippen LogP contribution in [0.2, 0.25) is 0 Å². The number of carbonyl (C=O) groups excluding carboxylic acids is 2. The number of amides is 1. The average molecular weight is 812 g/mol. The van der Waals surface area contributed by atoms with Crippen molar-refractivity contribution in [2.24, 2.45) is 0 Å². The predicted octanol–water partition coefficient (Wildman–Crippen LogP) is 14.5. The molecule has 0 aromatic rings. The summed E-state index contributed by atoms with van der Waals surface area (Å²) in [5.41, 5.74) is 0. The number of esters is 1. The normalized spacial score (nSPS) is 13.8. The third-order valence-electron chi connectivity index (χ3n) is 11.0. The number of nitrogens with one attached hydrogen (secondary N) is 1. The molecule has 3 unspecified atom stereocenters. The van der Waals surface area contributed by atoms with Crippen molar-refractivity contribution in [2.45, 2.75) is 251 Å². The number of rotatable bonds is 43. The molecule has 336 valence electrons. The van der Waals surface area contributed by atoms with E-state index in [4.69, 9.17) is 4.74 Å². The minimum atomic E-state index is -0.805. The summed E-state index contributed by atoms with van der Waals surface area (Å²) < 4.78 is 5.88. The highest BCUT2D eigenvalue weighted by Gasteiger charge is 2.24. The summed E-state index contributed by atoms with van der Waals surface area (Å²) in [7, 11) is 0. The molecule has 0 aliphatic heterocycles. The smallest absolute Gasteiger partial charge is 0.306 e. The van der Waals surface area contributed by atoms with E-state index in [1.54, 1.807) is 0 Å². The molecule has 0 aromatic carbocycles. The van der Waals surface area contributed by atoms with Crippen LogP contribution in [0, 0.1) is 0 Å². The lowest BCUT2D eigenvalue weighted by atomic mass is 10.0. The summed E-state index contributed by atoms with van der Waals surface area (Å²) in [4.78, 5) is 26.0. The fraction of sp³-hybridized carbons (Fsp3) is 0.769. The van der Waals surface area contributed by atoms with E-state index in [1.807, 2.05) is 48.6 Å². The van der Waals surface area contributed by atoms with Gasteiger partial charge in [0.1, 0.15) is 6.10 Å². The van der Waals surface area contributed by atoms with E-state index in [0.29, 0.717) is 19.3 Å². The van der Waals surface area contributed by atoms with Crippen LogP contribution < -0.4 is 5.32 Å². The Labute approximate surface area is 358 Å². The number of aliphatic hydroxyl groups excluding tert-OH is 2. The average Bonchev–Trinajstić information content (AvgIpc) is 3.22. The Morgan fingerprint density at radius 2 is 0.931 bits per heavy atom. The molecule has 0 aromatic heterocycles. The minimum Gasteiger partial charge on any atom is -0.462 e. The molecule has 1 amide bonds. The van der Waals surface area contributed by atoms with Gasteiger partial charge in [-0.25, -0.2) is 0 Å². The highest BCUT2D eigenvalue weighted by molar-refractivity contribution is 5.77. The predicted molar refractivity (Wildman–Crippen MR) is 250 cm³/mol. The number of aliphatic hydroxyl groups is 2. The van der Waals surface area contributed by atoms with E-state index >= 15 is 0 Å². The molecule has 3 N–H and O–H groups in total. The van der Waals surface area contributed by atoms with Crippen molar-refractivity contribution in [3.8, 4) is 0 Å². The second-order valence-corrected chi connectivity index (χ2v) is 16.6. The number of hydrogen-bond donors (Lipinski definition) is 3. The molecule has 0 heterocycles. The first-order valence-corrected chi connectivity index (χ1v) is 24.6. The maximum absolute atomic E-state index is 13.1. The van der Waals surface area contributed by atoms with E-state index in [-0.39, 0.29) is 24.9 Å². The SMILES string of the molecule is CC/C=C/C=C/C=C\C=C/C=C/CCCC(CC(=O)NC(CO)C(O)CCCCCCCCCCCCC)OC(=O)CCCCCCCCCCCCCCCCC. The topological polar surface area (TPSA) is 95.9 Å². The highest BCUT2D eigenvalue weighted by Crippen LogP contribution is 2.17. The fourth-order valence-corrected chi connectivity index (χ4v) is 7.28. The van der Waals surface area contributed by atoms with Crippen LogP contribution in [0.1, 0.15) is 233 Å². The lowest BCUT2D eigenvalue weighted by molar-refractivity contribution is -0.151. The van der Waals surface area contributed by atoms with Gasteiger partial charge >= 0.3 is 5.97 Å². The Kier molecular flexibility index (Phi) is 43.7. The van der Waals surface area contributed by atoms with Gasteiger partial charge in [0.25, 0.3) is 0 Å². The van der Waals surface area contributed by atoms with E-state index in [2.05, 4.69) is 38.2 Å². The van der Waals surface area contributed by atoms with E-state index in [1.165, 1.54) is 128 Å². The third kappa shape index (κ3) is 40.3. The van der Waals surface area contributed by atoms with Crippen LogP contribution in [-0.4, -0.2) is 46.9 Å². The van der Waals surface area contributed by atoms with Crippen LogP contribution in [0.5, 0.6) is 0 Å². The highest BCUT2D eigenvalue weighted by atomic mass is 16.5. The van der Waals surface area contributed by atoms with E-state index < -0.39 is 18.2 Å². The Bertz CT molecular complexity index is 1050. The summed E-state index contributed by atoms with van der Waals surface area (Å²) in [6.07, 6.45) is 55.7. The molecule has 0 saturated heterocycles. The van der Waals surface area contributed by atoms with Crippen molar-refractivity contribution in [2.75, 3.05) is 6.61 Å². The van der Waals surface area contributed by atoms with Crippen LogP contribution in [0.3, 0.4) is 0 Å². The fourth-order valence-electron chi connectivity index (χ4n) is 7.28. The molecule has 3 atom stereocenters. The first-order valence-electron chi connectivity index (χ1n) is 24.6. The number of ether oxygens (including phenoxy) is 1. The van der Waals surface area contributed by atoms with Gasteiger partial charge in [-0.3, -0.25) is 9.59 Å². The Morgan fingerprint density at radius 1 is 0.517 bits per heavy atom. The maximum atomic E-state index is 13.1. The van der Waals surface area contributed by atoms with Crippen molar-refractivity contribution in [3.05, 3.63) is 60.8 Å². The van der Waals surface area contributed by atoms with Crippen LogP contribution in [0.25, 0.3) is 0 Å². The maximum Gasteiger partial charge on any atom is 0.306 e. The second-order valence-electron chi connectivity index (χ2n) is 16.6. The number of hydrogen-bond acceptors (Lipinski definition) is 5. The second kappa shape index (κ2) is 45.6. The lowest BCUT2D eigenvalue weighted by Gasteiger charge is -2.24. The lowest BCUT2D eigenvalue weighted by Crippen LogP contribution is -2.46. The third-order valence-corrected chi connectivity index (χ3v) is 11.0. The standard InChI is InChI=1S/C52H93NO5/c1-4-7-10-13-16-19-22-24-25-27-30-33-36-39-42-45-52(57)58-48(43-40-37-34-31-29-26-23-20-17-14-11-8-5-2)46-51(56)53-49(47-54)50(55)44-41-38-35-32-28-21-18-15-12-9-6-3/h8,11,14,17,20,23,26,29,31,34,48-50,54-55H,4-7,9-10,12-13,15-16,18-19,21-22,24-25,27-28,30,32-33,35-47H2,1-3H3,(H,53,56)/b11-8+,17-14+,23-20-,29-26-,34-31+. The first-order chi connectivity index (χ1) is 28.5. The van der Waals surface area contributed by atoms with Crippen molar-refractivity contribution < 1.29 is 24.5 Å². The zero-order valence-corrected chi connectivity index (χ0v) is 38.2. The molecule has 0 radical (unpaired) electrons. The van der Waals surface area contributed by atoms with Crippen LogP contribution in [0.15, 0.2) is 60.8 Å². The van der Waals surface area contributed by atoms with Gasteiger partial charge in [0.2, 0.25) is 5.91 Å². The van der Waals surface area contributed by atoms with Gasteiger partial charge in [-0.2, -0.15) is 0 Å². The van der Waals surface area contributed by atoms with E-state index in [0.717, 1.165) is 57.8 Å². The molecule has 0 rings (SSSR count). The van der Waals surface area contributed by atoms with Crippen molar-refractivity contribution in [1.82, 2.24) is 5.32 Å². The van der Waals surface area contributed by atoms with Crippen molar-refractivity contribution in [3.63, 3.8) is 0 Å². The summed E-state index contributed by atoms with van der Waals surface area (Å²) in [5.74, 6) is -0.543. The summed E-state index contributed by atoms with van der Waals surface area (Å²) in [6.45, 7) is 6.31. The molecule has 0 saturated carbocycles. The van der Waals surface area contributed by atoms with Crippen molar-refractivity contribution >= 4 is 11.9 Å². The van der Waals surface area contributed by atoms with Crippen LogP contribution in [-0.2, 0) is 14.3 Å². The zero-order chi connectivity index (χ0) is 42.4. The molecular weight excluding hydrogens is 719 g/mol. The molecule has 0 spiro atoms. The van der Waals surface area contributed by atoms with Gasteiger partial charge in [0.05, 0.1) is 25.2 Å². The van der Waals surface area contributed by atoms with Crippen LogP contribution >= 0.6 is 0 Å². The van der Waals surface area contributed by atoms with Crippen LogP contribution in [0.4, 0.5) is 0 Å². The van der Waals surface area contributed by atoms with E-state index in [9.17, 15) is 19.8 Å². The quantitative estimate of drug-likeness (QED) is 0.0324. The molecule has 6 nitrogen and oxygen atoms in total. The van der Waals surface area contributed by atoms with Gasteiger partial charge in [-0.05, 0) is 38.5 Å². The summed E-state index contributed by atoms with van der Waals surface area (Å²) in [5, 5.41) is 23.7.